The fourth-order valence-electron chi connectivity index (χ4n) is 1.64. The molecule has 0 aliphatic carbocycles. The molecule has 3 rings (SSSR count). The molecule has 0 saturated heterocycles. The van der Waals surface area contributed by atoms with Crippen molar-refractivity contribution in [1.29, 1.82) is 0 Å². The van der Waals surface area contributed by atoms with Gasteiger partial charge in [-0.05, 0) is 13.0 Å². The van der Waals surface area contributed by atoms with E-state index < -0.39 is 0 Å². The largest absolute Gasteiger partial charge is 0.354 e. The Hall–Kier alpha value is -2.90. The summed E-state index contributed by atoms with van der Waals surface area (Å²) < 4.78 is 1.58. The lowest BCUT2D eigenvalue weighted by atomic mass is 10.3. The Morgan fingerprint density at radius 2 is 2.00 bits per heavy atom. The van der Waals surface area contributed by atoms with Crippen LogP contribution in [0.4, 0.5) is 5.95 Å². The van der Waals surface area contributed by atoms with E-state index in [0.29, 0.717) is 24.3 Å². The zero-order valence-electron chi connectivity index (χ0n) is 10.8. The first-order chi connectivity index (χ1) is 9.86. The van der Waals surface area contributed by atoms with Crippen molar-refractivity contribution in [2.75, 3.05) is 11.9 Å². The average molecular weight is 268 g/mol. The molecule has 1 N–H and O–H groups in total. The second kappa shape index (κ2) is 5.39. The summed E-state index contributed by atoms with van der Waals surface area (Å²) in [4.78, 5) is 21.0. The minimum atomic E-state index is 0.444. The molecule has 0 aromatic carbocycles. The van der Waals surface area contributed by atoms with Crippen LogP contribution >= 0.6 is 0 Å². The molecule has 0 aliphatic rings. The number of nitrogens with zero attached hydrogens (tertiary/aromatic N) is 7. The van der Waals surface area contributed by atoms with Crippen LogP contribution in [0.3, 0.4) is 0 Å². The van der Waals surface area contributed by atoms with Gasteiger partial charge in [-0.2, -0.15) is 20.1 Å². The highest BCUT2D eigenvalue weighted by atomic mass is 15.4. The predicted octanol–water partition coefficient (Wildman–Crippen LogP) is 0.946. The van der Waals surface area contributed by atoms with Crippen molar-refractivity contribution in [3.63, 3.8) is 0 Å². The molecule has 100 valence electrons. The molecule has 0 spiro atoms. The zero-order chi connectivity index (χ0) is 13.8. The Kier molecular flexibility index (Phi) is 3.27. The molecule has 0 atom stereocenters. The second-order valence-corrected chi connectivity index (χ2v) is 3.89. The van der Waals surface area contributed by atoms with Crippen LogP contribution < -0.4 is 5.32 Å². The molecular formula is C12H12N8. The first-order valence-corrected chi connectivity index (χ1v) is 6.12. The van der Waals surface area contributed by atoms with Crippen molar-refractivity contribution < 1.29 is 0 Å². The van der Waals surface area contributed by atoms with E-state index in [0.717, 1.165) is 5.56 Å². The number of nitrogens with one attached hydrogen (secondary N) is 1. The molecule has 8 nitrogen and oxygen atoms in total. The van der Waals surface area contributed by atoms with Gasteiger partial charge in [0, 0.05) is 31.3 Å². The summed E-state index contributed by atoms with van der Waals surface area (Å²) in [6.07, 6.45) is 8.22. The molecule has 8 heteroatoms. The Balaban J connectivity index is 2.10. The van der Waals surface area contributed by atoms with Crippen LogP contribution in [0.25, 0.3) is 17.3 Å². The van der Waals surface area contributed by atoms with E-state index in [2.05, 4.69) is 35.3 Å². The first kappa shape index (κ1) is 12.2. The fourth-order valence-corrected chi connectivity index (χ4v) is 1.64. The highest BCUT2D eigenvalue weighted by molar-refractivity contribution is 5.54. The van der Waals surface area contributed by atoms with Gasteiger partial charge in [0.1, 0.15) is 6.33 Å². The van der Waals surface area contributed by atoms with Gasteiger partial charge in [0.05, 0.1) is 5.56 Å². The molecule has 0 fully saturated rings. The van der Waals surface area contributed by atoms with E-state index in [4.69, 9.17) is 0 Å². The highest BCUT2D eigenvalue weighted by Gasteiger charge is 2.10. The molecule has 0 radical (unpaired) electrons. The summed E-state index contributed by atoms with van der Waals surface area (Å²) in [7, 11) is 0. The number of hydrogen-bond acceptors (Lipinski definition) is 7. The van der Waals surface area contributed by atoms with Gasteiger partial charge in [-0.15, -0.1) is 0 Å². The van der Waals surface area contributed by atoms with Crippen LogP contribution in [0.5, 0.6) is 0 Å². The lowest BCUT2D eigenvalue weighted by molar-refractivity contribution is 0.798. The summed E-state index contributed by atoms with van der Waals surface area (Å²) in [5.41, 5.74) is 0.724. The van der Waals surface area contributed by atoms with E-state index in [1.165, 1.54) is 6.33 Å². The van der Waals surface area contributed by atoms with Gasteiger partial charge in [-0.25, -0.2) is 14.6 Å². The standard InChI is InChI=1S/C12H12N8/c1-2-15-11-17-10(9-6-13-8-14-7-9)18-12(19-11)20-5-3-4-16-20/h3-8H,2H2,1H3,(H,15,17,18,19). The molecule has 20 heavy (non-hydrogen) atoms. The summed E-state index contributed by atoms with van der Waals surface area (Å²) in [5.74, 6) is 1.44. The minimum absolute atomic E-state index is 0.444. The average Bonchev–Trinajstić information content (AvgIpc) is 3.02. The fraction of sp³-hybridized carbons (Fsp3) is 0.167. The summed E-state index contributed by atoms with van der Waals surface area (Å²) in [6, 6.07) is 1.81. The van der Waals surface area contributed by atoms with E-state index in [1.54, 1.807) is 29.5 Å². The summed E-state index contributed by atoms with van der Waals surface area (Å²) in [6.45, 7) is 2.69. The van der Waals surface area contributed by atoms with Crippen LogP contribution in [0.2, 0.25) is 0 Å². The maximum atomic E-state index is 4.39. The first-order valence-electron chi connectivity index (χ1n) is 6.12. The van der Waals surface area contributed by atoms with Crippen molar-refractivity contribution in [2.45, 2.75) is 6.92 Å². The van der Waals surface area contributed by atoms with Crippen molar-refractivity contribution >= 4 is 5.95 Å². The molecule has 0 saturated carbocycles. The third-order valence-electron chi connectivity index (χ3n) is 2.49. The predicted molar refractivity (Wildman–Crippen MR) is 72.1 cm³/mol. The van der Waals surface area contributed by atoms with Gasteiger partial charge in [-0.3, -0.25) is 0 Å². The number of rotatable bonds is 4. The van der Waals surface area contributed by atoms with Crippen molar-refractivity contribution in [3.05, 3.63) is 37.2 Å². The van der Waals surface area contributed by atoms with Crippen molar-refractivity contribution in [3.8, 4) is 17.3 Å². The van der Waals surface area contributed by atoms with Crippen molar-refractivity contribution in [1.82, 2.24) is 34.7 Å². The number of aromatic nitrogens is 7. The van der Waals surface area contributed by atoms with Crippen LogP contribution in [-0.2, 0) is 0 Å². The maximum absolute atomic E-state index is 4.39. The molecule has 3 aromatic rings. The van der Waals surface area contributed by atoms with Crippen LogP contribution in [0.15, 0.2) is 37.2 Å². The van der Waals surface area contributed by atoms with Crippen LogP contribution in [0, 0.1) is 0 Å². The van der Waals surface area contributed by atoms with Gasteiger partial charge in [0.25, 0.3) is 5.95 Å². The molecule has 0 bridgehead atoms. The molecular weight excluding hydrogens is 256 g/mol. The maximum Gasteiger partial charge on any atom is 0.255 e. The third-order valence-corrected chi connectivity index (χ3v) is 2.49. The van der Waals surface area contributed by atoms with Crippen LogP contribution in [-0.4, -0.2) is 41.2 Å². The van der Waals surface area contributed by atoms with Gasteiger partial charge >= 0.3 is 0 Å². The molecule has 0 amide bonds. The molecule has 3 heterocycles. The Bertz CT molecular complexity index is 680. The van der Waals surface area contributed by atoms with E-state index >= 15 is 0 Å². The molecule has 0 aliphatic heterocycles. The van der Waals surface area contributed by atoms with Gasteiger partial charge in [0.2, 0.25) is 5.95 Å². The quantitative estimate of drug-likeness (QED) is 0.752. The van der Waals surface area contributed by atoms with E-state index in [-0.39, 0.29) is 0 Å². The van der Waals surface area contributed by atoms with Gasteiger partial charge in [0.15, 0.2) is 5.82 Å². The summed E-state index contributed by atoms with van der Waals surface area (Å²) >= 11 is 0. The smallest absolute Gasteiger partial charge is 0.255 e. The SMILES string of the molecule is CCNc1nc(-c2cncnc2)nc(-n2cccn2)n1. The lowest BCUT2D eigenvalue weighted by Crippen LogP contribution is -2.10. The molecule has 0 unspecified atom stereocenters. The van der Waals surface area contributed by atoms with Crippen molar-refractivity contribution in [2.24, 2.45) is 0 Å². The Morgan fingerprint density at radius 1 is 1.15 bits per heavy atom. The van der Waals surface area contributed by atoms with E-state index in [9.17, 15) is 0 Å². The van der Waals surface area contributed by atoms with Crippen LogP contribution in [0.1, 0.15) is 6.92 Å². The number of anilines is 1. The Morgan fingerprint density at radius 3 is 2.70 bits per heavy atom. The zero-order valence-corrected chi connectivity index (χ0v) is 10.8. The topological polar surface area (TPSA) is 94.3 Å². The number of hydrogen-bond donors (Lipinski definition) is 1. The lowest BCUT2D eigenvalue weighted by Gasteiger charge is -2.07. The van der Waals surface area contributed by atoms with Gasteiger partial charge < -0.3 is 5.32 Å². The summed E-state index contributed by atoms with van der Waals surface area (Å²) in [5, 5.41) is 7.20. The minimum Gasteiger partial charge on any atom is -0.354 e. The third kappa shape index (κ3) is 2.44. The monoisotopic (exact) mass is 268 g/mol. The normalized spacial score (nSPS) is 10.4. The second-order valence-electron chi connectivity index (χ2n) is 3.89. The van der Waals surface area contributed by atoms with Gasteiger partial charge in [-0.1, -0.05) is 0 Å². The highest BCUT2D eigenvalue weighted by Crippen LogP contribution is 2.15. The van der Waals surface area contributed by atoms with E-state index in [1.807, 2.05) is 13.0 Å². The molecule has 3 aromatic heterocycles. The Labute approximate surface area is 115 Å².